The van der Waals surface area contributed by atoms with Gasteiger partial charge >= 0.3 is 0 Å². The van der Waals surface area contributed by atoms with Crippen molar-refractivity contribution in [1.82, 2.24) is 5.32 Å². The molecule has 1 fully saturated rings. The fourth-order valence-corrected chi connectivity index (χ4v) is 2.68. The molecule has 0 spiro atoms. The Hall–Kier alpha value is -1.29. The normalized spacial score (nSPS) is 23.9. The number of amides is 1. The molecule has 0 saturated heterocycles. The van der Waals surface area contributed by atoms with Crippen LogP contribution in [-0.2, 0) is 0 Å². The number of nitrogens with one attached hydrogen (secondary N) is 1. The van der Waals surface area contributed by atoms with Gasteiger partial charge in [-0.25, -0.2) is 0 Å². The van der Waals surface area contributed by atoms with Crippen molar-refractivity contribution in [2.45, 2.75) is 32.6 Å². The summed E-state index contributed by atoms with van der Waals surface area (Å²) in [5.41, 5.74) is 0.865. The Labute approximate surface area is 107 Å². The maximum atomic E-state index is 11.9. The van der Waals surface area contributed by atoms with Crippen LogP contribution in [0.1, 0.15) is 41.8 Å². The maximum absolute atomic E-state index is 11.9. The molecule has 0 unspecified atom stereocenters. The first-order valence-corrected chi connectivity index (χ1v) is 6.64. The van der Waals surface area contributed by atoms with Gasteiger partial charge in [-0.15, -0.1) is 0 Å². The Morgan fingerprint density at radius 2 is 2.28 bits per heavy atom. The van der Waals surface area contributed by atoms with E-state index in [4.69, 9.17) is 4.42 Å². The third-order valence-corrected chi connectivity index (χ3v) is 3.77. The number of aryl methyl sites for hydroxylation is 1. The van der Waals surface area contributed by atoms with Gasteiger partial charge in [0, 0.05) is 18.7 Å². The average molecular weight is 251 g/mol. The van der Waals surface area contributed by atoms with Crippen molar-refractivity contribution in [2.24, 2.45) is 11.8 Å². The SMILES string of the molecule is Cc1ccoc1C(=O)NC[C@H]1CCC[C@@H](CO)C1. The van der Waals surface area contributed by atoms with Crippen LogP contribution in [0.25, 0.3) is 0 Å². The number of carbonyl (C=O) groups excluding carboxylic acids is 1. The number of carbonyl (C=O) groups is 1. The number of hydrogen-bond donors (Lipinski definition) is 2. The lowest BCUT2D eigenvalue weighted by Gasteiger charge is -2.27. The molecule has 1 aromatic heterocycles. The van der Waals surface area contributed by atoms with Gasteiger partial charge in [-0.2, -0.15) is 0 Å². The van der Waals surface area contributed by atoms with E-state index in [9.17, 15) is 9.90 Å². The highest BCUT2D eigenvalue weighted by Crippen LogP contribution is 2.28. The highest BCUT2D eigenvalue weighted by Gasteiger charge is 2.22. The lowest BCUT2D eigenvalue weighted by Crippen LogP contribution is -2.32. The molecule has 0 aliphatic heterocycles. The molecule has 1 aromatic rings. The van der Waals surface area contributed by atoms with E-state index in [1.165, 1.54) is 6.26 Å². The summed E-state index contributed by atoms with van der Waals surface area (Å²) in [6.07, 6.45) is 5.93. The van der Waals surface area contributed by atoms with Crippen molar-refractivity contribution >= 4 is 5.91 Å². The highest BCUT2D eigenvalue weighted by molar-refractivity contribution is 5.92. The van der Waals surface area contributed by atoms with E-state index in [0.717, 1.165) is 31.2 Å². The number of rotatable bonds is 4. The lowest BCUT2D eigenvalue weighted by molar-refractivity contribution is 0.0906. The van der Waals surface area contributed by atoms with E-state index >= 15 is 0 Å². The molecule has 2 rings (SSSR count). The largest absolute Gasteiger partial charge is 0.459 e. The molecular formula is C14H21NO3. The second kappa shape index (κ2) is 6.05. The van der Waals surface area contributed by atoms with Gasteiger partial charge in [-0.3, -0.25) is 4.79 Å². The predicted octanol–water partition coefficient (Wildman–Crippen LogP) is 2.12. The smallest absolute Gasteiger partial charge is 0.287 e. The second-order valence-electron chi connectivity index (χ2n) is 5.22. The number of hydrogen-bond acceptors (Lipinski definition) is 3. The van der Waals surface area contributed by atoms with E-state index in [2.05, 4.69) is 5.32 Å². The van der Waals surface area contributed by atoms with Gasteiger partial charge in [0.2, 0.25) is 0 Å². The van der Waals surface area contributed by atoms with Crippen LogP contribution in [0.5, 0.6) is 0 Å². The van der Waals surface area contributed by atoms with Crippen LogP contribution in [0, 0.1) is 18.8 Å². The summed E-state index contributed by atoms with van der Waals surface area (Å²) in [5, 5.41) is 12.1. The minimum Gasteiger partial charge on any atom is -0.459 e. The minimum absolute atomic E-state index is 0.136. The Morgan fingerprint density at radius 3 is 2.94 bits per heavy atom. The summed E-state index contributed by atoms with van der Waals surface area (Å²) >= 11 is 0. The molecule has 0 bridgehead atoms. The molecule has 0 radical (unpaired) electrons. The average Bonchev–Trinajstić information content (AvgIpc) is 2.82. The molecule has 2 N–H and O–H groups in total. The zero-order valence-electron chi connectivity index (χ0n) is 10.8. The molecule has 1 saturated carbocycles. The van der Waals surface area contributed by atoms with Crippen LogP contribution in [0.4, 0.5) is 0 Å². The van der Waals surface area contributed by atoms with Gasteiger partial charge in [-0.05, 0) is 44.1 Å². The fourth-order valence-electron chi connectivity index (χ4n) is 2.68. The molecule has 4 nitrogen and oxygen atoms in total. The zero-order valence-corrected chi connectivity index (χ0v) is 10.8. The van der Waals surface area contributed by atoms with Crippen LogP contribution in [0.2, 0.25) is 0 Å². The molecule has 1 amide bonds. The number of aliphatic hydroxyl groups is 1. The Bertz CT molecular complexity index is 399. The third-order valence-electron chi connectivity index (χ3n) is 3.77. The molecule has 4 heteroatoms. The van der Waals surface area contributed by atoms with Crippen molar-refractivity contribution < 1.29 is 14.3 Å². The third kappa shape index (κ3) is 3.13. The summed E-state index contributed by atoms with van der Waals surface area (Å²) in [6.45, 7) is 2.80. The van der Waals surface area contributed by atoms with Gasteiger partial charge in [0.05, 0.1) is 6.26 Å². The molecule has 1 aliphatic carbocycles. The van der Waals surface area contributed by atoms with Crippen LogP contribution >= 0.6 is 0 Å². The molecule has 0 aromatic carbocycles. The number of furan rings is 1. The summed E-state index contributed by atoms with van der Waals surface area (Å²) in [6, 6.07) is 1.79. The molecular weight excluding hydrogens is 230 g/mol. The van der Waals surface area contributed by atoms with Gasteiger partial charge in [0.25, 0.3) is 5.91 Å². The van der Waals surface area contributed by atoms with E-state index in [0.29, 0.717) is 24.1 Å². The minimum atomic E-state index is -0.136. The standard InChI is InChI=1S/C14H21NO3/c1-10-5-6-18-13(10)14(17)15-8-11-3-2-4-12(7-11)9-16/h5-6,11-12,16H,2-4,7-9H2,1H3,(H,15,17)/t11-,12+/m0/s1. The Kier molecular flexibility index (Phi) is 4.42. The van der Waals surface area contributed by atoms with Gasteiger partial charge < -0.3 is 14.8 Å². The first-order chi connectivity index (χ1) is 8.70. The van der Waals surface area contributed by atoms with Gasteiger partial charge in [0.15, 0.2) is 5.76 Å². The summed E-state index contributed by atoms with van der Waals surface area (Å²) in [5.74, 6) is 1.16. The zero-order chi connectivity index (χ0) is 13.0. The predicted molar refractivity (Wildman–Crippen MR) is 68.3 cm³/mol. The highest BCUT2D eigenvalue weighted by atomic mass is 16.3. The van der Waals surface area contributed by atoms with Crippen LogP contribution in [0.15, 0.2) is 16.7 Å². The topological polar surface area (TPSA) is 62.5 Å². The first-order valence-electron chi connectivity index (χ1n) is 6.64. The Balaban J connectivity index is 1.81. The van der Waals surface area contributed by atoms with Crippen molar-refractivity contribution in [1.29, 1.82) is 0 Å². The summed E-state index contributed by atoms with van der Waals surface area (Å²) in [4.78, 5) is 11.9. The van der Waals surface area contributed by atoms with E-state index in [-0.39, 0.29) is 12.5 Å². The summed E-state index contributed by atoms with van der Waals surface area (Å²) in [7, 11) is 0. The first kappa shape index (κ1) is 13.1. The van der Waals surface area contributed by atoms with Crippen molar-refractivity contribution in [3.8, 4) is 0 Å². The molecule has 1 aliphatic rings. The van der Waals surface area contributed by atoms with Crippen molar-refractivity contribution in [3.05, 3.63) is 23.7 Å². The lowest BCUT2D eigenvalue weighted by atomic mass is 9.82. The van der Waals surface area contributed by atoms with Crippen molar-refractivity contribution in [2.75, 3.05) is 13.2 Å². The van der Waals surface area contributed by atoms with Crippen LogP contribution < -0.4 is 5.32 Å². The molecule has 100 valence electrons. The Morgan fingerprint density at radius 1 is 1.50 bits per heavy atom. The summed E-state index contributed by atoms with van der Waals surface area (Å²) < 4.78 is 5.16. The maximum Gasteiger partial charge on any atom is 0.287 e. The van der Waals surface area contributed by atoms with Gasteiger partial charge in [0.1, 0.15) is 0 Å². The van der Waals surface area contributed by atoms with Crippen LogP contribution in [-0.4, -0.2) is 24.2 Å². The molecule has 1 heterocycles. The van der Waals surface area contributed by atoms with Crippen molar-refractivity contribution in [3.63, 3.8) is 0 Å². The number of aliphatic hydroxyl groups excluding tert-OH is 1. The molecule has 18 heavy (non-hydrogen) atoms. The van der Waals surface area contributed by atoms with E-state index < -0.39 is 0 Å². The van der Waals surface area contributed by atoms with Crippen LogP contribution in [0.3, 0.4) is 0 Å². The van der Waals surface area contributed by atoms with Gasteiger partial charge in [-0.1, -0.05) is 6.42 Å². The molecule has 2 atom stereocenters. The fraction of sp³-hybridized carbons (Fsp3) is 0.643. The second-order valence-corrected chi connectivity index (χ2v) is 5.22. The monoisotopic (exact) mass is 251 g/mol. The van der Waals surface area contributed by atoms with E-state index in [1.54, 1.807) is 6.07 Å². The quantitative estimate of drug-likeness (QED) is 0.861. The van der Waals surface area contributed by atoms with E-state index in [1.807, 2.05) is 6.92 Å².